The predicted octanol–water partition coefficient (Wildman–Crippen LogP) is 4.28. The summed E-state index contributed by atoms with van der Waals surface area (Å²) in [5.74, 6) is 2.49. The molecule has 0 spiro atoms. The number of aromatic nitrogens is 1. The number of anilines is 1. The van der Waals surface area contributed by atoms with Crippen LogP contribution in [0.4, 0.5) is 10.2 Å². The lowest BCUT2D eigenvalue weighted by Gasteiger charge is -2.42. The van der Waals surface area contributed by atoms with Gasteiger partial charge in [0.25, 0.3) is 0 Å². The van der Waals surface area contributed by atoms with Crippen LogP contribution in [-0.4, -0.2) is 55.4 Å². The molecule has 0 bridgehead atoms. The molecule has 2 aromatic rings. The highest BCUT2D eigenvalue weighted by atomic mass is 19.1. The van der Waals surface area contributed by atoms with Gasteiger partial charge in [-0.15, -0.1) is 0 Å². The molecular weight excluding hydrogens is 353 g/mol. The van der Waals surface area contributed by atoms with Gasteiger partial charge in [0, 0.05) is 38.4 Å². The Bertz CT molecular complexity index is 726. The lowest BCUT2D eigenvalue weighted by atomic mass is 9.81. The van der Waals surface area contributed by atoms with Crippen LogP contribution in [0.1, 0.15) is 37.2 Å². The Morgan fingerprint density at radius 1 is 0.964 bits per heavy atom. The van der Waals surface area contributed by atoms with Crippen LogP contribution in [0.25, 0.3) is 0 Å². The number of rotatable bonds is 6. The van der Waals surface area contributed by atoms with Gasteiger partial charge in [-0.25, -0.2) is 9.37 Å². The monoisotopic (exact) mass is 383 g/mol. The Labute approximate surface area is 167 Å². The molecule has 1 aliphatic carbocycles. The number of piperazine rings is 1. The minimum Gasteiger partial charge on any atom is -0.491 e. The molecule has 2 fully saturated rings. The van der Waals surface area contributed by atoms with Crippen molar-refractivity contribution in [2.24, 2.45) is 0 Å². The molecule has 0 N–H and O–H groups in total. The molecule has 1 aromatic heterocycles. The van der Waals surface area contributed by atoms with E-state index < -0.39 is 6.67 Å². The van der Waals surface area contributed by atoms with Crippen molar-refractivity contribution < 1.29 is 9.13 Å². The van der Waals surface area contributed by atoms with Crippen molar-refractivity contribution >= 4 is 5.82 Å². The lowest BCUT2D eigenvalue weighted by molar-refractivity contribution is 0.141. The largest absolute Gasteiger partial charge is 0.491 e. The summed E-state index contributed by atoms with van der Waals surface area (Å²) < 4.78 is 17.8. The van der Waals surface area contributed by atoms with Crippen molar-refractivity contribution in [3.63, 3.8) is 0 Å². The molecule has 2 aliphatic rings. The van der Waals surface area contributed by atoms with Crippen molar-refractivity contribution in [1.29, 1.82) is 0 Å². The van der Waals surface area contributed by atoms with Gasteiger partial charge >= 0.3 is 0 Å². The Morgan fingerprint density at radius 2 is 1.79 bits per heavy atom. The number of halogens is 1. The molecule has 1 aromatic carbocycles. The number of ether oxygens (including phenoxy) is 1. The number of benzene rings is 1. The second-order valence-corrected chi connectivity index (χ2v) is 7.83. The van der Waals surface area contributed by atoms with Gasteiger partial charge in [0.05, 0.1) is 0 Å². The molecule has 28 heavy (non-hydrogen) atoms. The minimum atomic E-state index is -0.442. The number of alkyl halides is 1. The van der Waals surface area contributed by atoms with E-state index in [-0.39, 0.29) is 6.61 Å². The molecule has 1 saturated heterocycles. The summed E-state index contributed by atoms with van der Waals surface area (Å²) in [6, 6.07) is 15.1. The van der Waals surface area contributed by atoms with Crippen LogP contribution >= 0.6 is 0 Å². The molecule has 150 valence electrons. The Kier molecular flexibility index (Phi) is 6.42. The molecule has 4 rings (SSSR count). The second kappa shape index (κ2) is 9.37. The average Bonchev–Trinajstić information content (AvgIpc) is 2.79. The fraction of sp³-hybridized carbons (Fsp3) is 0.522. The van der Waals surface area contributed by atoms with Crippen LogP contribution in [0.2, 0.25) is 0 Å². The van der Waals surface area contributed by atoms with Gasteiger partial charge in [-0.05, 0) is 61.4 Å². The van der Waals surface area contributed by atoms with E-state index in [1.54, 1.807) is 0 Å². The van der Waals surface area contributed by atoms with E-state index in [2.05, 4.69) is 39.0 Å². The Hall–Kier alpha value is -2.14. The first-order valence-electron chi connectivity index (χ1n) is 10.5. The van der Waals surface area contributed by atoms with Gasteiger partial charge in [0.2, 0.25) is 0 Å². The number of hydrogen-bond acceptors (Lipinski definition) is 4. The minimum absolute atomic E-state index is 0.140. The quantitative estimate of drug-likeness (QED) is 0.744. The first kappa shape index (κ1) is 19.2. The number of pyridine rings is 1. The molecule has 1 saturated carbocycles. The standard InChI is InChI=1S/C23H30FN3O/c24-11-17-28-22-5-3-4-20(18-22)19-7-9-21(10-8-19)26-13-15-27(16-14-26)23-6-1-2-12-25-23/h1-6,12,18-19,21H,7-11,13-17H2. The third kappa shape index (κ3) is 4.64. The van der Waals surface area contributed by atoms with E-state index in [1.807, 2.05) is 24.4 Å². The van der Waals surface area contributed by atoms with Gasteiger partial charge in [0.15, 0.2) is 0 Å². The predicted molar refractivity (Wildman–Crippen MR) is 111 cm³/mol. The molecule has 0 unspecified atom stereocenters. The highest BCUT2D eigenvalue weighted by molar-refractivity contribution is 5.38. The molecule has 1 aliphatic heterocycles. The summed E-state index contributed by atoms with van der Waals surface area (Å²) in [5, 5.41) is 0. The topological polar surface area (TPSA) is 28.6 Å². The van der Waals surface area contributed by atoms with Crippen molar-refractivity contribution in [3.05, 3.63) is 54.2 Å². The van der Waals surface area contributed by atoms with E-state index in [0.717, 1.165) is 37.7 Å². The van der Waals surface area contributed by atoms with Crippen LogP contribution in [0, 0.1) is 0 Å². The van der Waals surface area contributed by atoms with Crippen molar-refractivity contribution in [2.45, 2.75) is 37.6 Å². The van der Waals surface area contributed by atoms with Crippen LogP contribution in [0.3, 0.4) is 0 Å². The van der Waals surface area contributed by atoms with Crippen LogP contribution < -0.4 is 9.64 Å². The zero-order valence-electron chi connectivity index (χ0n) is 16.5. The number of nitrogens with zero attached hydrogens (tertiary/aromatic N) is 3. The van der Waals surface area contributed by atoms with Gasteiger partial charge in [-0.1, -0.05) is 18.2 Å². The summed E-state index contributed by atoms with van der Waals surface area (Å²) >= 11 is 0. The van der Waals surface area contributed by atoms with Crippen molar-refractivity contribution in [3.8, 4) is 5.75 Å². The van der Waals surface area contributed by atoms with Gasteiger partial charge in [-0.2, -0.15) is 0 Å². The molecule has 2 heterocycles. The van der Waals surface area contributed by atoms with E-state index >= 15 is 0 Å². The molecule has 4 nitrogen and oxygen atoms in total. The maximum Gasteiger partial charge on any atom is 0.128 e. The highest BCUT2D eigenvalue weighted by Crippen LogP contribution is 2.36. The zero-order chi connectivity index (χ0) is 19.2. The molecule has 0 radical (unpaired) electrons. The van der Waals surface area contributed by atoms with Crippen LogP contribution in [-0.2, 0) is 0 Å². The normalized spacial score (nSPS) is 23.5. The van der Waals surface area contributed by atoms with E-state index in [1.165, 1.54) is 31.2 Å². The maximum atomic E-state index is 12.3. The average molecular weight is 384 g/mol. The fourth-order valence-electron chi connectivity index (χ4n) is 4.65. The summed E-state index contributed by atoms with van der Waals surface area (Å²) in [7, 11) is 0. The Morgan fingerprint density at radius 3 is 2.50 bits per heavy atom. The molecule has 5 heteroatoms. The summed E-state index contributed by atoms with van der Waals surface area (Å²) in [6.45, 7) is 4.07. The molecule has 0 amide bonds. The van der Waals surface area contributed by atoms with Crippen LogP contribution in [0.15, 0.2) is 48.7 Å². The Balaban J connectivity index is 1.27. The highest BCUT2D eigenvalue weighted by Gasteiger charge is 2.29. The lowest BCUT2D eigenvalue weighted by Crippen LogP contribution is -2.51. The third-order valence-electron chi connectivity index (χ3n) is 6.18. The smallest absolute Gasteiger partial charge is 0.128 e. The summed E-state index contributed by atoms with van der Waals surface area (Å²) in [5.41, 5.74) is 1.34. The van der Waals surface area contributed by atoms with Crippen LogP contribution in [0.5, 0.6) is 5.75 Å². The first-order chi connectivity index (χ1) is 13.8. The molecular formula is C23H30FN3O. The number of hydrogen-bond donors (Lipinski definition) is 0. The summed E-state index contributed by atoms with van der Waals surface area (Å²) in [6.07, 6.45) is 6.82. The SMILES string of the molecule is FCCOc1cccc(C2CCC(N3CCN(c4ccccn4)CC3)CC2)c1. The van der Waals surface area contributed by atoms with Gasteiger partial charge in [-0.3, -0.25) is 4.90 Å². The van der Waals surface area contributed by atoms with E-state index in [4.69, 9.17) is 4.74 Å². The fourth-order valence-corrected chi connectivity index (χ4v) is 4.65. The first-order valence-corrected chi connectivity index (χ1v) is 10.5. The maximum absolute atomic E-state index is 12.3. The second-order valence-electron chi connectivity index (χ2n) is 7.83. The van der Waals surface area contributed by atoms with E-state index in [9.17, 15) is 4.39 Å². The molecule has 0 atom stereocenters. The van der Waals surface area contributed by atoms with Crippen molar-refractivity contribution in [1.82, 2.24) is 9.88 Å². The van der Waals surface area contributed by atoms with Gasteiger partial charge in [0.1, 0.15) is 24.8 Å². The van der Waals surface area contributed by atoms with Crippen molar-refractivity contribution in [2.75, 3.05) is 44.4 Å². The summed E-state index contributed by atoms with van der Waals surface area (Å²) in [4.78, 5) is 9.56. The van der Waals surface area contributed by atoms with Gasteiger partial charge < -0.3 is 9.64 Å². The third-order valence-corrected chi connectivity index (χ3v) is 6.18. The zero-order valence-corrected chi connectivity index (χ0v) is 16.5. The van der Waals surface area contributed by atoms with E-state index in [0.29, 0.717) is 12.0 Å².